The number of piperidine rings is 1. The van der Waals surface area contributed by atoms with Gasteiger partial charge in [0.2, 0.25) is 0 Å². The molecule has 0 aliphatic carbocycles. The first kappa shape index (κ1) is 8.05. The molecular formula is C7H12ClNO. The maximum Gasteiger partial charge on any atom is 0.124 e. The van der Waals surface area contributed by atoms with Crippen molar-refractivity contribution in [1.29, 1.82) is 0 Å². The Morgan fingerprint density at radius 1 is 1.80 bits per heavy atom. The first-order valence-electron chi connectivity index (χ1n) is 3.31. The van der Waals surface area contributed by atoms with E-state index in [0.717, 1.165) is 18.5 Å². The van der Waals surface area contributed by atoms with Gasteiger partial charge in [0.05, 0.1) is 5.38 Å². The fourth-order valence-corrected chi connectivity index (χ4v) is 1.47. The van der Waals surface area contributed by atoms with Crippen molar-refractivity contribution in [3.8, 4) is 0 Å². The van der Waals surface area contributed by atoms with E-state index in [2.05, 4.69) is 11.9 Å². The molecule has 0 aromatic rings. The third-order valence-electron chi connectivity index (χ3n) is 1.62. The summed E-state index contributed by atoms with van der Waals surface area (Å²) in [5, 5.41) is 3.15. The molecule has 1 rings (SSSR count). The van der Waals surface area contributed by atoms with Crippen molar-refractivity contribution in [2.45, 2.75) is 18.0 Å². The summed E-state index contributed by atoms with van der Waals surface area (Å²) in [4.78, 5) is 0. The van der Waals surface area contributed by atoms with Crippen molar-refractivity contribution in [3.05, 3.63) is 12.2 Å². The first-order valence-corrected chi connectivity index (χ1v) is 3.74. The van der Waals surface area contributed by atoms with Gasteiger partial charge in [-0.1, -0.05) is 12.2 Å². The Kier molecular flexibility index (Phi) is 2.72. The molecule has 1 saturated heterocycles. The van der Waals surface area contributed by atoms with Crippen molar-refractivity contribution in [2.75, 3.05) is 13.7 Å². The lowest BCUT2D eigenvalue weighted by Crippen LogP contribution is -2.44. The van der Waals surface area contributed by atoms with Crippen LogP contribution in [0.15, 0.2) is 12.2 Å². The molecule has 1 heterocycles. The number of halogens is 1. The van der Waals surface area contributed by atoms with E-state index >= 15 is 0 Å². The molecule has 1 N–H and O–H groups in total. The summed E-state index contributed by atoms with van der Waals surface area (Å²) in [7, 11) is 1.65. The lowest BCUT2D eigenvalue weighted by Gasteiger charge is -2.28. The minimum atomic E-state index is -0.00725. The molecular weight excluding hydrogens is 150 g/mol. The van der Waals surface area contributed by atoms with E-state index in [0.29, 0.717) is 0 Å². The molecule has 0 bridgehead atoms. The Morgan fingerprint density at radius 2 is 2.50 bits per heavy atom. The first-order chi connectivity index (χ1) is 4.74. The summed E-state index contributed by atoms with van der Waals surface area (Å²) in [6.45, 7) is 4.65. The van der Waals surface area contributed by atoms with Crippen LogP contribution in [0.5, 0.6) is 0 Å². The van der Waals surface area contributed by atoms with Crippen LogP contribution in [-0.2, 0) is 4.74 Å². The van der Waals surface area contributed by atoms with Crippen LogP contribution in [0.25, 0.3) is 0 Å². The van der Waals surface area contributed by atoms with E-state index in [4.69, 9.17) is 16.3 Å². The Bertz CT molecular complexity index is 138. The van der Waals surface area contributed by atoms with Gasteiger partial charge >= 0.3 is 0 Å². The van der Waals surface area contributed by atoms with E-state index in [-0.39, 0.29) is 11.6 Å². The van der Waals surface area contributed by atoms with Crippen LogP contribution in [0.1, 0.15) is 6.42 Å². The monoisotopic (exact) mass is 161 g/mol. The average Bonchev–Trinajstić information content (AvgIpc) is 1.88. The maximum absolute atomic E-state index is 5.93. The number of methoxy groups -OCH3 is 1. The summed E-state index contributed by atoms with van der Waals surface area (Å²) in [5.74, 6) is 0. The summed E-state index contributed by atoms with van der Waals surface area (Å²) >= 11 is 5.93. The van der Waals surface area contributed by atoms with Crippen molar-refractivity contribution < 1.29 is 4.74 Å². The van der Waals surface area contributed by atoms with Gasteiger partial charge in [0.15, 0.2) is 0 Å². The SMILES string of the molecule is C=C1CNC(OC)C(Cl)C1. The van der Waals surface area contributed by atoms with Gasteiger partial charge < -0.3 is 4.74 Å². The molecule has 2 unspecified atom stereocenters. The number of hydrogen-bond donors (Lipinski definition) is 1. The molecule has 0 aromatic carbocycles. The highest BCUT2D eigenvalue weighted by molar-refractivity contribution is 6.21. The standard InChI is InChI=1S/C7H12ClNO/c1-5-3-6(8)7(10-2)9-4-5/h6-7,9H,1,3-4H2,2H3. The highest BCUT2D eigenvalue weighted by atomic mass is 35.5. The third-order valence-corrected chi connectivity index (χ3v) is 2.00. The molecule has 0 aromatic heterocycles. The Hall–Kier alpha value is -0.0500. The van der Waals surface area contributed by atoms with Crippen molar-refractivity contribution in [1.82, 2.24) is 5.32 Å². The van der Waals surface area contributed by atoms with Crippen LogP contribution >= 0.6 is 11.6 Å². The van der Waals surface area contributed by atoms with E-state index in [1.807, 2.05) is 0 Å². The summed E-state index contributed by atoms with van der Waals surface area (Å²) in [6.07, 6.45) is 0.847. The molecule has 3 heteroatoms. The fraction of sp³-hybridized carbons (Fsp3) is 0.714. The smallest absolute Gasteiger partial charge is 0.124 e. The Labute approximate surface area is 66.2 Å². The molecule has 10 heavy (non-hydrogen) atoms. The van der Waals surface area contributed by atoms with E-state index in [1.54, 1.807) is 7.11 Å². The minimum absolute atomic E-state index is 0.00725. The summed E-state index contributed by atoms with van der Waals surface area (Å²) in [5.41, 5.74) is 1.15. The molecule has 1 aliphatic rings. The molecule has 0 spiro atoms. The quantitative estimate of drug-likeness (QED) is 0.460. The predicted molar refractivity (Wildman–Crippen MR) is 42.2 cm³/mol. The van der Waals surface area contributed by atoms with Gasteiger partial charge in [0.25, 0.3) is 0 Å². The largest absolute Gasteiger partial charge is 0.365 e. The van der Waals surface area contributed by atoms with Gasteiger partial charge in [-0.25, -0.2) is 0 Å². The average molecular weight is 162 g/mol. The van der Waals surface area contributed by atoms with Gasteiger partial charge in [-0.2, -0.15) is 0 Å². The van der Waals surface area contributed by atoms with Crippen LogP contribution in [0.3, 0.4) is 0 Å². The van der Waals surface area contributed by atoms with Gasteiger partial charge in [-0.15, -0.1) is 11.6 Å². The minimum Gasteiger partial charge on any atom is -0.365 e. The lowest BCUT2D eigenvalue weighted by molar-refractivity contribution is 0.0647. The number of alkyl halides is 1. The topological polar surface area (TPSA) is 21.3 Å². The molecule has 0 saturated carbocycles. The molecule has 2 nitrogen and oxygen atoms in total. The summed E-state index contributed by atoms with van der Waals surface area (Å²) in [6, 6.07) is 0. The molecule has 0 amide bonds. The van der Waals surface area contributed by atoms with Crippen molar-refractivity contribution in [2.24, 2.45) is 0 Å². The normalized spacial score (nSPS) is 34.4. The van der Waals surface area contributed by atoms with Gasteiger partial charge in [0, 0.05) is 13.7 Å². The van der Waals surface area contributed by atoms with Crippen LogP contribution in [0.2, 0.25) is 0 Å². The molecule has 1 fully saturated rings. The number of nitrogens with one attached hydrogen (secondary N) is 1. The number of ether oxygens (including phenoxy) is 1. The van der Waals surface area contributed by atoms with Gasteiger partial charge in [0.1, 0.15) is 6.23 Å². The van der Waals surface area contributed by atoms with Crippen LogP contribution < -0.4 is 5.32 Å². The highest BCUT2D eigenvalue weighted by Crippen LogP contribution is 2.17. The third kappa shape index (κ3) is 1.72. The zero-order chi connectivity index (χ0) is 7.56. The van der Waals surface area contributed by atoms with Crippen LogP contribution in [-0.4, -0.2) is 25.3 Å². The number of hydrogen-bond acceptors (Lipinski definition) is 2. The Balaban J connectivity index is 2.43. The summed E-state index contributed by atoms with van der Waals surface area (Å²) < 4.78 is 5.07. The predicted octanol–water partition coefficient (Wildman–Crippen LogP) is 1.12. The fourth-order valence-electron chi connectivity index (χ4n) is 1.06. The molecule has 1 aliphatic heterocycles. The molecule has 0 radical (unpaired) electrons. The zero-order valence-corrected chi connectivity index (χ0v) is 6.82. The van der Waals surface area contributed by atoms with Crippen LogP contribution in [0, 0.1) is 0 Å². The highest BCUT2D eigenvalue weighted by Gasteiger charge is 2.23. The van der Waals surface area contributed by atoms with E-state index < -0.39 is 0 Å². The molecule has 58 valence electrons. The Morgan fingerprint density at radius 3 is 3.00 bits per heavy atom. The number of rotatable bonds is 1. The second-order valence-corrected chi connectivity index (χ2v) is 3.07. The molecule has 2 atom stereocenters. The maximum atomic E-state index is 5.93. The zero-order valence-electron chi connectivity index (χ0n) is 6.06. The van der Waals surface area contributed by atoms with E-state index in [9.17, 15) is 0 Å². The van der Waals surface area contributed by atoms with Crippen molar-refractivity contribution in [3.63, 3.8) is 0 Å². The van der Waals surface area contributed by atoms with Gasteiger partial charge in [-0.3, -0.25) is 5.32 Å². The lowest BCUT2D eigenvalue weighted by atomic mass is 10.1. The van der Waals surface area contributed by atoms with Gasteiger partial charge in [-0.05, 0) is 6.42 Å². The second kappa shape index (κ2) is 3.37. The second-order valence-electron chi connectivity index (χ2n) is 2.51. The van der Waals surface area contributed by atoms with E-state index in [1.165, 1.54) is 0 Å². The van der Waals surface area contributed by atoms with Crippen molar-refractivity contribution >= 4 is 11.6 Å². The van der Waals surface area contributed by atoms with Crippen LogP contribution in [0.4, 0.5) is 0 Å².